The molecule has 1 unspecified atom stereocenters. The minimum absolute atomic E-state index is 0.0605. The number of halogens is 6. The Balaban J connectivity index is 1.29. The number of rotatable bonds is 29. The van der Waals surface area contributed by atoms with Crippen LogP contribution in [0.15, 0.2) is 134 Å². The van der Waals surface area contributed by atoms with Crippen molar-refractivity contribution in [2.45, 2.75) is 93.4 Å². The van der Waals surface area contributed by atoms with Crippen LogP contribution in [0.25, 0.3) is 33.4 Å². The van der Waals surface area contributed by atoms with Gasteiger partial charge >= 0.3 is 349 Å². The number of amides is 1. The van der Waals surface area contributed by atoms with Crippen LogP contribution in [0, 0.1) is 30.4 Å². The third-order valence-electron chi connectivity index (χ3n) is 12.8. The van der Waals surface area contributed by atoms with Gasteiger partial charge in [0.2, 0.25) is 0 Å². The number of thioether (sulfide) groups is 1. The second kappa shape index (κ2) is 30.7. The molecule has 1 amide bonds. The minimum atomic E-state index is -6.06. The Kier molecular flexibility index (Phi) is 24.0. The van der Waals surface area contributed by atoms with Gasteiger partial charge in [0.1, 0.15) is 19.3 Å². The van der Waals surface area contributed by atoms with Crippen LogP contribution in [0.5, 0.6) is 0 Å². The van der Waals surface area contributed by atoms with E-state index < -0.39 is 108 Å². The van der Waals surface area contributed by atoms with E-state index in [9.17, 15) is 31.2 Å². The number of para-hydroxylation sites is 2. The minimum Gasteiger partial charge on any atom is -0.481 e. The number of benzene rings is 6. The molecule has 0 bridgehead atoms. The van der Waals surface area contributed by atoms with Gasteiger partial charge in [-0.25, -0.2) is 35.6 Å². The molecule has 0 fully saturated rings. The summed E-state index contributed by atoms with van der Waals surface area (Å²) in [6.45, 7) is 14.3. The molecule has 86 heavy (non-hydrogen) atoms. The van der Waals surface area contributed by atoms with Crippen molar-refractivity contribution in [3.63, 3.8) is 0 Å². The Morgan fingerprint density at radius 2 is 1.43 bits per heavy atom. The molecule has 7 rings (SSSR count). The van der Waals surface area contributed by atoms with Crippen molar-refractivity contribution in [3.05, 3.63) is 157 Å². The number of ether oxygens (including phenoxy) is 3. The monoisotopic (exact) mass is 1470 g/mol. The molecule has 462 valence electrons. The number of sulfonamides is 2. The van der Waals surface area contributed by atoms with Crippen LogP contribution >= 0.6 is 11.8 Å². The Morgan fingerprint density at radius 1 is 0.767 bits per heavy atom. The van der Waals surface area contributed by atoms with Crippen LogP contribution in [0.4, 0.5) is 39.4 Å². The maximum Gasteiger partial charge on any atom is 0.305 e. The number of nitrogens with one attached hydrogen (secondary N) is 3. The number of aliphatic carboxylic acids is 1. The largest absolute Gasteiger partial charge is 0.481 e. The number of anilines is 2. The van der Waals surface area contributed by atoms with Crippen molar-refractivity contribution in [2.75, 3.05) is 46.3 Å². The zero-order valence-corrected chi connectivity index (χ0v) is 54.5. The molecule has 1 aliphatic carbocycles. The molecular formula is C61H64F4I2N4O12S3-2. The first kappa shape index (κ1) is 67.4. The summed E-state index contributed by atoms with van der Waals surface area (Å²) < 4.78 is 150. The van der Waals surface area contributed by atoms with Gasteiger partial charge in [-0.1, -0.05) is 6.58 Å². The van der Waals surface area contributed by atoms with Crippen LogP contribution in [-0.2, 0) is 43.8 Å². The topological polar surface area (TPSA) is 229 Å². The van der Waals surface area contributed by atoms with E-state index in [-0.39, 0.29) is 102 Å². The van der Waals surface area contributed by atoms with Gasteiger partial charge in [-0.3, -0.25) is 4.79 Å². The summed E-state index contributed by atoms with van der Waals surface area (Å²) in [5.41, 5.74) is 5.52. The Labute approximate surface area is 521 Å². The number of alkyl halides is 2. The number of nitrogens with zero attached hydrogens (tertiary/aromatic N) is 1. The number of carboxylic acids is 1. The van der Waals surface area contributed by atoms with Crippen molar-refractivity contribution in [1.82, 2.24) is 9.44 Å². The first-order chi connectivity index (χ1) is 41.0. The molecule has 5 aromatic carbocycles. The molecule has 1 aliphatic heterocycles. The van der Waals surface area contributed by atoms with Crippen molar-refractivity contribution in [2.24, 2.45) is 4.99 Å². The van der Waals surface area contributed by atoms with Crippen LogP contribution in [0.1, 0.15) is 83.8 Å². The molecule has 5 aromatic rings. The van der Waals surface area contributed by atoms with Gasteiger partial charge in [-0.05, 0) is 0 Å². The molecule has 0 aromatic heterocycles. The first-order valence-corrected chi connectivity index (χ1v) is 36.3. The van der Waals surface area contributed by atoms with Gasteiger partial charge in [0.25, 0.3) is 10.0 Å². The fourth-order valence-corrected chi connectivity index (χ4v) is 17.8. The van der Waals surface area contributed by atoms with Crippen LogP contribution in [0.3, 0.4) is 0 Å². The van der Waals surface area contributed by atoms with E-state index in [0.717, 1.165) is 56.3 Å². The van der Waals surface area contributed by atoms with E-state index in [4.69, 9.17) is 28.7 Å². The van der Waals surface area contributed by atoms with Crippen LogP contribution in [-0.4, -0.2) is 87.1 Å². The zero-order chi connectivity index (χ0) is 62.5. The summed E-state index contributed by atoms with van der Waals surface area (Å²) in [4.78, 5) is 35.6. The van der Waals surface area contributed by atoms with Crippen LogP contribution in [0.2, 0.25) is 0 Å². The van der Waals surface area contributed by atoms with Gasteiger partial charge < -0.3 is 24.6 Å². The first-order valence-electron chi connectivity index (χ1n) is 27.2. The van der Waals surface area contributed by atoms with Gasteiger partial charge in [-0.15, -0.1) is 11.8 Å². The van der Waals surface area contributed by atoms with E-state index >= 15 is 17.6 Å². The van der Waals surface area contributed by atoms with Gasteiger partial charge in [0.05, 0.1) is 24.5 Å². The Morgan fingerprint density at radius 3 is 2.09 bits per heavy atom. The summed E-state index contributed by atoms with van der Waals surface area (Å²) in [5.74, 6) is -11.5. The normalized spacial score (nSPS) is 12.6. The van der Waals surface area contributed by atoms with Crippen LogP contribution < -0.4 is 62.5 Å². The standard InChI is InChI=1S/C61H64F4I2N4O12S3/c1-8-26-66-45-18-13-16-40(35(4)5)57(45)69-37-21-23-42-47(31-37)83-48-32-38(70-58-41(36(6)7)17-14-19-46(58)67-27-9-2)22-24-43(48)52(42)44-15-11-12-20-49(44)85(76,77)71-86(78,79)60-55(64)53(62)59(54(63)56(60)65)84-34-39(80-29-25-50(72)73)33-82-61(75)68-28-30-81-51(74)10-3/h10-24,31-32,35-36,39,69,71H,3,8-9,25-30,33-34H2,1-2,4-7H3,(H,68,75)(H,72,73)/q-2. The van der Waals surface area contributed by atoms with Crippen molar-refractivity contribution in [3.8, 4) is 22.5 Å². The Hall–Kier alpha value is -6.11. The summed E-state index contributed by atoms with van der Waals surface area (Å²) >= 11 is -0.680. The number of hydrogen-bond acceptors (Lipinski definition) is 14. The van der Waals surface area contributed by atoms with Crippen molar-refractivity contribution in [1.29, 1.82) is 0 Å². The second-order valence-corrected chi connectivity index (χ2v) is 30.4. The average Bonchev–Trinajstić information content (AvgIpc) is 0.836. The molecule has 0 saturated carbocycles. The van der Waals surface area contributed by atoms with Crippen molar-refractivity contribution >= 4 is 77.9 Å². The van der Waals surface area contributed by atoms with E-state index in [2.05, 4.69) is 89.1 Å². The van der Waals surface area contributed by atoms with E-state index in [1.165, 1.54) is 29.5 Å². The number of esters is 1. The molecular weight excluding hydrogens is 1410 g/mol. The number of carbonyl (C=O) groups excluding carboxylic acids is 2. The molecule has 1 heterocycles. The summed E-state index contributed by atoms with van der Waals surface area (Å²) in [7, 11) is -11.5. The molecule has 2 aliphatic rings. The van der Waals surface area contributed by atoms with Crippen molar-refractivity contribution < 1.29 is 115 Å². The average molecular weight is 1470 g/mol. The third kappa shape index (κ3) is 16.7. The summed E-state index contributed by atoms with van der Waals surface area (Å²) in [6.07, 6.45) is -0.0921. The molecule has 0 spiro atoms. The van der Waals surface area contributed by atoms with E-state index in [1.54, 1.807) is 30.3 Å². The van der Waals surface area contributed by atoms with Gasteiger partial charge in [-0.2, -0.15) is 0 Å². The fraction of sp³-hybridized carbons (Fsp3) is 0.311. The van der Waals surface area contributed by atoms with Gasteiger partial charge in [0.15, 0.2) is 28.2 Å². The molecule has 4 N–H and O–H groups in total. The third-order valence-corrected chi connectivity index (χ3v) is 24.2. The predicted molar refractivity (Wildman–Crippen MR) is 313 cm³/mol. The molecule has 16 nitrogen and oxygen atoms in total. The van der Waals surface area contributed by atoms with Gasteiger partial charge in [0, 0.05) is 11.8 Å². The fourth-order valence-electron chi connectivity index (χ4n) is 8.78. The molecule has 0 radical (unpaired) electrons. The van der Waals surface area contributed by atoms with E-state index in [0.29, 0.717) is 22.0 Å². The number of alkyl carbamates (subject to hydrolysis) is 1. The van der Waals surface area contributed by atoms with E-state index in [1.807, 2.05) is 12.1 Å². The predicted octanol–water partition coefficient (Wildman–Crippen LogP) is 6.40. The SMILES string of the molecule is C=CC(=O)OCCNC(=O)OCC(CSc1c(F)c(F)c(S(=O)(=O)NS(=O)(=O)c2ccccc2-c2c3ccc(=Nc4c([I-]CCC)cccc4C(C)C)cc-3oc3cc(Nc4c([I-]CCC)cccc4C(C)C)ccc23)c(F)c1F)OCCC(=O)O. The molecule has 1 atom stereocenters. The quantitative estimate of drug-likeness (QED) is 0.00458. The number of carbonyl (C=O) groups is 3. The molecule has 25 heteroatoms. The number of fused-ring (bicyclic) bond motifs is 2. The second-order valence-electron chi connectivity index (χ2n) is 19.8. The molecule has 0 saturated heterocycles. The number of hydrogen-bond donors (Lipinski definition) is 4. The maximum absolute atomic E-state index is 16.1. The Bertz CT molecular complexity index is 3900. The number of carboxylic acid groups (broad SMARTS) is 1. The zero-order valence-electron chi connectivity index (χ0n) is 47.7. The smallest absolute Gasteiger partial charge is 0.305 e. The maximum atomic E-state index is 16.1. The summed E-state index contributed by atoms with van der Waals surface area (Å²) in [5, 5.41) is 15.9. The summed E-state index contributed by atoms with van der Waals surface area (Å²) in [6, 6.07) is 28.3.